The number of benzene rings is 2. The molecule has 0 aliphatic carbocycles. The molecule has 0 radical (unpaired) electrons. The van der Waals surface area contributed by atoms with Crippen molar-refractivity contribution in [2.45, 2.75) is 19.3 Å². The van der Waals surface area contributed by atoms with Crippen LogP contribution in [0.5, 0.6) is 5.75 Å². The number of nitrogens with one attached hydrogen (secondary N) is 1. The first-order chi connectivity index (χ1) is 16.5. The molecule has 0 atom stereocenters. The van der Waals surface area contributed by atoms with Gasteiger partial charge in [-0.3, -0.25) is 9.69 Å². The van der Waals surface area contributed by atoms with Gasteiger partial charge in [-0.25, -0.2) is 0 Å². The highest BCUT2D eigenvalue weighted by Gasteiger charge is 2.19. The van der Waals surface area contributed by atoms with Crippen LogP contribution in [0.15, 0.2) is 48.7 Å². The van der Waals surface area contributed by atoms with E-state index in [-0.39, 0.29) is 5.91 Å². The van der Waals surface area contributed by atoms with Crippen molar-refractivity contribution in [3.05, 3.63) is 53.7 Å². The number of amides is 1. The van der Waals surface area contributed by atoms with Gasteiger partial charge < -0.3 is 19.5 Å². The second-order valence-corrected chi connectivity index (χ2v) is 9.67. The lowest BCUT2D eigenvalue weighted by molar-refractivity contribution is -0.130. The molecule has 1 amide bonds. The highest BCUT2D eigenvalue weighted by Crippen LogP contribution is 2.31. The largest absolute Gasteiger partial charge is 0.494 e. The maximum atomic E-state index is 11.9. The fourth-order valence-corrected chi connectivity index (χ4v) is 4.50. The number of hydrogen-bond donors (Lipinski definition) is 1. The molecule has 0 saturated carbocycles. The van der Waals surface area contributed by atoms with Crippen LogP contribution in [0.4, 0.5) is 0 Å². The van der Waals surface area contributed by atoms with Crippen molar-refractivity contribution in [2.75, 3.05) is 60.0 Å². The summed E-state index contributed by atoms with van der Waals surface area (Å²) in [5.74, 6) is 1.09. The van der Waals surface area contributed by atoms with Gasteiger partial charge in [0.25, 0.3) is 0 Å². The summed E-state index contributed by atoms with van der Waals surface area (Å²) in [7, 11) is 3.64. The normalized spacial score (nSPS) is 15.0. The molecule has 1 saturated heterocycles. The number of hydrogen-bond acceptors (Lipinski definition) is 4. The number of unbranched alkanes of at least 4 members (excludes halogenated alkanes) is 2. The number of ether oxygens (including phenoxy) is 1. The van der Waals surface area contributed by atoms with Gasteiger partial charge in [-0.2, -0.15) is 0 Å². The van der Waals surface area contributed by atoms with Gasteiger partial charge >= 0.3 is 0 Å². The van der Waals surface area contributed by atoms with Gasteiger partial charge in [0.2, 0.25) is 5.91 Å². The molecule has 34 heavy (non-hydrogen) atoms. The summed E-state index contributed by atoms with van der Waals surface area (Å²) in [6.07, 6.45) is 5.43. The SMILES string of the molecule is CN(C)C(=O)CN1CCN(CCCCCOc2ccc3c(-c4ccc(Cl)cc4)c[nH]c3c2)CC1. The summed E-state index contributed by atoms with van der Waals surface area (Å²) in [6.45, 7) is 6.44. The predicted octanol–water partition coefficient (Wildman–Crippen LogP) is 4.74. The molecule has 1 N–H and O–H groups in total. The number of aromatic amines is 1. The Bertz CT molecular complexity index is 1070. The maximum absolute atomic E-state index is 11.9. The first kappa shape index (κ1) is 24.6. The van der Waals surface area contributed by atoms with E-state index >= 15 is 0 Å². The Morgan fingerprint density at radius 2 is 1.74 bits per heavy atom. The molecule has 1 aliphatic heterocycles. The third kappa shape index (κ3) is 6.53. The average Bonchev–Trinajstić information content (AvgIpc) is 3.26. The second kappa shape index (κ2) is 11.7. The van der Waals surface area contributed by atoms with Gasteiger partial charge in [0, 0.05) is 74.0 Å². The Morgan fingerprint density at radius 1 is 1.00 bits per heavy atom. The Labute approximate surface area is 207 Å². The fraction of sp³-hybridized carbons (Fsp3) is 0.444. The van der Waals surface area contributed by atoms with Crippen LogP contribution in [0.3, 0.4) is 0 Å². The van der Waals surface area contributed by atoms with Crippen LogP contribution < -0.4 is 4.74 Å². The van der Waals surface area contributed by atoms with Gasteiger partial charge in [-0.15, -0.1) is 0 Å². The number of likely N-dealkylation sites (N-methyl/N-ethyl adjacent to an activating group) is 1. The summed E-state index contributed by atoms with van der Waals surface area (Å²) < 4.78 is 6.01. The lowest BCUT2D eigenvalue weighted by atomic mass is 10.0. The minimum absolute atomic E-state index is 0.186. The van der Waals surface area contributed by atoms with Crippen molar-refractivity contribution < 1.29 is 9.53 Å². The Morgan fingerprint density at radius 3 is 2.47 bits per heavy atom. The van der Waals surface area contributed by atoms with E-state index in [2.05, 4.69) is 33.0 Å². The van der Waals surface area contributed by atoms with Crippen LogP contribution >= 0.6 is 11.6 Å². The lowest BCUT2D eigenvalue weighted by Gasteiger charge is -2.34. The predicted molar refractivity (Wildman–Crippen MR) is 140 cm³/mol. The number of rotatable bonds is 10. The van der Waals surface area contributed by atoms with E-state index in [1.807, 2.05) is 44.6 Å². The number of aromatic nitrogens is 1. The summed E-state index contributed by atoms with van der Waals surface area (Å²) >= 11 is 6.02. The number of piperazine rings is 1. The number of H-pyrrole nitrogens is 1. The molecule has 2 aromatic carbocycles. The van der Waals surface area contributed by atoms with E-state index in [4.69, 9.17) is 16.3 Å². The molecule has 0 unspecified atom stereocenters. The van der Waals surface area contributed by atoms with E-state index in [1.165, 1.54) is 17.4 Å². The molecule has 0 bridgehead atoms. The number of fused-ring (bicyclic) bond motifs is 1. The second-order valence-electron chi connectivity index (χ2n) is 9.23. The van der Waals surface area contributed by atoms with Gasteiger partial charge in [-0.05, 0) is 55.6 Å². The molecular weight excluding hydrogens is 448 g/mol. The highest BCUT2D eigenvalue weighted by atomic mass is 35.5. The zero-order valence-corrected chi connectivity index (χ0v) is 21.0. The van der Waals surface area contributed by atoms with Crippen molar-refractivity contribution in [3.8, 4) is 16.9 Å². The first-order valence-electron chi connectivity index (χ1n) is 12.1. The molecule has 1 aliphatic rings. The first-order valence-corrected chi connectivity index (χ1v) is 12.5. The van der Waals surface area contributed by atoms with Crippen LogP contribution in [-0.2, 0) is 4.79 Å². The highest BCUT2D eigenvalue weighted by molar-refractivity contribution is 6.30. The monoisotopic (exact) mass is 482 g/mol. The molecule has 6 nitrogen and oxygen atoms in total. The van der Waals surface area contributed by atoms with E-state index in [0.717, 1.165) is 74.0 Å². The van der Waals surface area contributed by atoms with Crippen molar-refractivity contribution in [1.82, 2.24) is 19.7 Å². The van der Waals surface area contributed by atoms with Crippen LogP contribution in [0, 0.1) is 0 Å². The van der Waals surface area contributed by atoms with E-state index in [9.17, 15) is 4.79 Å². The maximum Gasteiger partial charge on any atom is 0.236 e. The summed E-state index contributed by atoms with van der Waals surface area (Å²) in [5.41, 5.74) is 3.39. The third-order valence-corrected chi connectivity index (χ3v) is 6.77. The minimum atomic E-state index is 0.186. The number of halogens is 1. The van der Waals surface area contributed by atoms with Crippen molar-refractivity contribution >= 4 is 28.4 Å². The molecule has 2 heterocycles. The van der Waals surface area contributed by atoms with Crippen LogP contribution in [0.1, 0.15) is 19.3 Å². The molecule has 3 aromatic rings. The number of carbonyl (C=O) groups excluding carboxylic acids is 1. The Balaban J connectivity index is 1.14. The lowest BCUT2D eigenvalue weighted by Crippen LogP contribution is -2.49. The van der Waals surface area contributed by atoms with Gasteiger partial charge in [0.15, 0.2) is 0 Å². The van der Waals surface area contributed by atoms with Crippen molar-refractivity contribution in [2.24, 2.45) is 0 Å². The smallest absolute Gasteiger partial charge is 0.236 e. The van der Waals surface area contributed by atoms with Gasteiger partial charge in [0.1, 0.15) is 5.75 Å². The average molecular weight is 483 g/mol. The van der Waals surface area contributed by atoms with Crippen molar-refractivity contribution in [1.29, 1.82) is 0 Å². The van der Waals surface area contributed by atoms with Gasteiger partial charge in [0.05, 0.1) is 13.2 Å². The Kier molecular flexibility index (Phi) is 8.48. The molecule has 1 aromatic heterocycles. The van der Waals surface area contributed by atoms with Gasteiger partial charge in [-0.1, -0.05) is 23.7 Å². The summed E-state index contributed by atoms with van der Waals surface area (Å²) in [4.78, 5) is 21.7. The van der Waals surface area contributed by atoms with Crippen molar-refractivity contribution in [3.63, 3.8) is 0 Å². The van der Waals surface area contributed by atoms with E-state index < -0.39 is 0 Å². The van der Waals surface area contributed by atoms with Crippen LogP contribution in [-0.4, -0.2) is 85.6 Å². The zero-order valence-electron chi connectivity index (χ0n) is 20.2. The number of nitrogens with zero attached hydrogens (tertiary/aromatic N) is 3. The van der Waals surface area contributed by atoms with E-state index in [0.29, 0.717) is 6.54 Å². The van der Waals surface area contributed by atoms with Crippen LogP contribution in [0.2, 0.25) is 5.02 Å². The molecule has 4 rings (SSSR count). The molecule has 0 spiro atoms. The Hall–Kier alpha value is -2.54. The molecule has 182 valence electrons. The topological polar surface area (TPSA) is 51.8 Å². The third-order valence-electron chi connectivity index (χ3n) is 6.52. The fourth-order valence-electron chi connectivity index (χ4n) is 4.37. The molecule has 7 heteroatoms. The summed E-state index contributed by atoms with van der Waals surface area (Å²) in [6, 6.07) is 14.2. The molecule has 1 fully saturated rings. The summed E-state index contributed by atoms with van der Waals surface area (Å²) in [5, 5.41) is 1.93. The number of carbonyl (C=O) groups is 1. The van der Waals surface area contributed by atoms with Crippen LogP contribution in [0.25, 0.3) is 22.0 Å². The van der Waals surface area contributed by atoms with E-state index in [1.54, 1.807) is 4.90 Å². The zero-order chi connectivity index (χ0) is 23.9. The molecular formula is C27H35ClN4O2. The minimum Gasteiger partial charge on any atom is -0.494 e. The standard InChI is InChI=1S/C27H35ClN4O2/c1-30(2)27(33)20-32-15-13-31(14-16-32)12-4-3-5-17-34-23-10-11-24-25(19-29-26(24)18-23)21-6-8-22(28)9-7-21/h6-11,18-19,29H,3-5,12-17,20H2,1-2H3. The quantitative estimate of drug-likeness (QED) is 0.424.